The number of nitrogen functional groups attached to an aromatic ring is 1. The number of hydrogen-bond donors (Lipinski definition) is 2. The van der Waals surface area contributed by atoms with Gasteiger partial charge >= 0.3 is 5.69 Å². The van der Waals surface area contributed by atoms with Crippen LogP contribution in [0.15, 0.2) is 33.9 Å². The lowest BCUT2D eigenvalue weighted by Crippen LogP contribution is -2.44. The molecule has 0 saturated heterocycles. The number of H-pyrrole nitrogens is 1. The van der Waals surface area contributed by atoms with Gasteiger partial charge < -0.3 is 15.2 Å². The molecule has 0 radical (unpaired) electrons. The molecule has 1 aromatic heterocycles. The van der Waals surface area contributed by atoms with Crippen LogP contribution in [0.4, 0.5) is 11.5 Å². The highest BCUT2D eigenvalue weighted by Gasteiger charge is 2.24. The van der Waals surface area contributed by atoms with Crippen LogP contribution in [-0.2, 0) is 16.1 Å². The zero-order valence-corrected chi connectivity index (χ0v) is 16.4. The fourth-order valence-electron chi connectivity index (χ4n) is 2.76. The quantitative estimate of drug-likeness (QED) is 0.656. The first-order valence-electron chi connectivity index (χ1n) is 9.01. The number of nitrogens with zero attached hydrogens (tertiary/aromatic N) is 2. The number of hydrogen-bond acceptors (Lipinski definition) is 6. The Kier molecular flexibility index (Phi) is 7.39. The zero-order valence-electron chi connectivity index (χ0n) is 16.4. The van der Waals surface area contributed by atoms with E-state index in [0.29, 0.717) is 18.7 Å². The van der Waals surface area contributed by atoms with Gasteiger partial charge in [-0.2, -0.15) is 0 Å². The van der Waals surface area contributed by atoms with Crippen molar-refractivity contribution in [3.05, 3.63) is 50.7 Å². The molecule has 2 rings (SSSR count). The fraction of sp³-hybridized carbons (Fsp3) is 0.421. The Labute approximate surface area is 162 Å². The van der Waals surface area contributed by atoms with E-state index in [1.807, 2.05) is 26.0 Å². The van der Waals surface area contributed by atoms with Crippen molar-refractivity contribution < 1.29 is 14.3 Å². The summed E-state index contributed by atoms with van der Waals surface area (Å²) in [6.07, 6.45) is 0.637. The predicted octanol–water partition coefficient (Wildman–Crippen LogP) is 0.896. The number of nitrogens with two attached hydrogens (primary N) is 1. The molecule has 0 atom stereocenters. The lowest BCUT2D eigenvalue weighted by atomic mass is 10.2. The van der Waals surface area contributed by atoms with Crippen molar-refractivity contribution in [1.29, 1.82) is 0 Å². The molecule has 1 heterocycles. The summed E-state index contributed by atoms with van der Waals surface area (Å²) in [5.74, 6) is 0.0375. The minimum Gasteiger partial charge on any atom is -0.483 e. The molecule has 152 valence electrons. The van der Waals surface area contributed by atoms with E-state index in [0.717, 1.165) is 5.56 Å². The van der Waals surface area contributed by atoms with Crippen molar-refractivity contribution in [1.82, 2.24) is 9.55 Å². The molecule has 9 heteroatoms. The summed E-state index contributed by atoms with van der Waals surface area (Å²) in [6.45, 7) is 4.04. The van der Waals surface area contributed by atoms with Crippen LogP contribution in [0.3, 0.4) is 0 Å². The van der Waals surface area contributed by atoms with Crippen LogP contribution in [0, 0.1) is 6.92 Å². The van der Waals surface area contributed by atoms with Gasteiger partial charge in [0.1, 0.15) is 11.6 Å². The molecule has 0 aliphatic heterocycles. The molecule has 0 fully saturated rings. The second kappa shape index (κ2) is 9.75. The summed E-state index contributed by atoms with van der Waals surface area (Å²) in [6, 6.07) is 7.29. The van der Waals surface area contributed by atoms with E-state index in [1.54, 1.807) is 12.1 Å². The number of carbonyl (C=O) groups excluding carboxylic acids is 1. The van der Waals surface area contributed by atoms with Gasteiger partial charge in [0.25, 0.3) is 11.5 Å². The lowest BCUT2D eigenvalue weighted by Gasteiger charge is -2.24. The van der Waals surface area contributed by atoms with E-state index in [1.165, 1.54) is 16.6 Å². The molecule has 1 amide bonds. The summed E-state index contributed by atoms with van der Waals surface area (Å²) < 4.78 is 11.9. The summed E-state index contributed by atoms with van der Waals surface area (Å²) in [5, 5.41) is 0. The van der Waals surface area contributed by atoms with Crippen LogP contribution < -0.4 is 26.6 Å². The standard InChI is InChI=1S/C19H26N4O5/c1-4-9-23-17(20)16(18(25)21-19(23)26)22(10-11-27-3)15(24)12-28-14-8-6-5-7-13(14)2/h5-8H,4,9-12,20H2,1-3H3,(H,21,25,26). The second-order valence-corrected chi connectivity index (χ2v) is 6.24. The van der Waals surface area contributed by atoms with E-state index in [-0.39, 0.29) is 31.3 Å². The predicted molar refractivity (Wildman–Crippen MR) is 107 cm³/mol. The van der Waals surface area contributed by atoms with Gasteiger partial charge in [-0.3, -0.25) is 24.0 Å². The maximum Gasteiger partial charge on any atom is 0.330 e. The average Bonchev–Trinajstić information content (AvgIpc) is 2.66. The van der Waals surface area contributed by atoms with Crippen molar-refractivity contribution in [3.8, 4) is 5.75 Å². The van der Waals surface area contributed by atoms with Crippen LogP contribution in [-0.4, -0.2) is 42.3 Å². The van der Waals surface area contributed by atoms with E-state index in [4.69, 9.17) is 15.2 Å². The van der Waals surface area contributed by atoms with E-state index in [9.17, 15) is 14.4 Å². The summed E-state index contributed by atoms with van der Waals surface area (Å²) in [7, 11) is 1.48. The fourth-order valence-corrected chi connectivity index (χ4v) is 2.76. The SMILES string of the molecule is CCCn1c(N)c(N(CCOC)C(=O)COc2ccccc2C)c(=O)[nH]c1=O. The number of anilines is 2. The summed E-state index contributed by atoms with van der Waals surface area (Å²) in [4.78, 5) is 40.7. The first-order chi connectivity index (χ1) is 13.4. The van der Waals surface area contributed by atoms with Crippen molar-refractivity contribution in [2.45, 2.75) is 26.8 Å². The van der Waals surface area contributed by atoms with Crippen molar-refractivity contribution in [3.63, 3.8) is 0 Å². The van der Waals surface area contributed by atoms with Gasteiger partial charge in [-0.1, -0.05) is 25.1 Å². The third-order valence-electron chi connectivity index (χ3n) is 4.20. The summed E-state index contributed by atoms with van der Waals surface area (Å²) in [5.41, 5.74) is 5.55. The number of benzene rings is 1. The molecule has 3 N–H and O–H groups in total. The highest BCUT2D eigenvalue weighted by molar-refractivity contribution is 5.96. The van der Waals surface area contributed by atoms with Gasteiger partial charge in [0.05, 0.1) is 6.61 Å². The smallest absolute Gasteiger partial charge is 0.330 e. The molecule has 1 aromatic carbocycles. The molecule has 0 unspecified atom stereocenters. The highest BCUT2D eigenvalue weighted by atomic mass is 16.5. The Balaban J connectivity index is 2.36. The van der Waals surface area contributed by atoms with Crippen LogP contribution in [0.5, 0.6) is 5.75 Å². The minimum atomic E-state index is -0.727. The minimum absolute atomic E-state index is 0.0593. The molecule has 0 bridgehead atoms. The monoisotopic (exact) mass is 390 g/mol. The highest BCUT2D eigenvalue weighted by Crippen LogP contribution is 2.19. The Morgan fingerprint density at radius 1 is 1.29 bits per heavy atom. The molecule has 0 aliphatic carbocycles. The van der Waals surface area contributed by atoms with E-state index >= 15 is 0 Å². The Bertz CT molecular complexity index is 935. The molecular weight excluding hydrogens is 364 g/mol. The van der Waals surface area contributed by atoms with Crippen molar-refractivity contribution in [2.24, 2.45) is 0 Å². The maximum absolute atomic E-state index is 12.8. The molecular formula is C19H26N4O5. The first kappa shape index (κ1) is 21.2. The molecule has 28 heavy (non-hydrogen) atoms. The number of methoxy groups -OCH3 is 1. The van der Waals surface area contributed by atoms with Gasteiger partial charge in [0, 0.05) is 20.2 Å². The molecule has 0 saturated carbocycles. The van der Waals surface area contributed by atoms with Crippen molar-refractivity contribution in [2.75, 3.05) is 37.5 Å². The Hall–Kier alpha value is -3.07. The van der Waals surface area contributed by atoms with Crippen LogP contribution in [0.1, 0.15) is 18.9 Å². The third-order valence-corrected chi connectivity index (χ3v) is 4.20. The lowest BCUT2D eigenvalue weighted by molar-refractivity contribution is -0.120. The van der Waals surface area contributed by atoms with Crippen molar-refractivity contribution >= 4 is 17.4 Å². The third kappa shape index (κ3) is 4.80. The average molecular weight is 390 g/mol. The van der Waals surface area contributed by atoms with Crippen LogP contribution >= 0.6 is 0 Å². The molecule has 2 aromatic rings. The van der Waals surface area contributed by atoms with E-state index in [2.05, 4.69) is 4.98 Å². The van der Waals surface area contributed by atoms with Gasteiger partial charge in [-0.05, 0) is 25.0 Å². The van der Waals surface area contributed by atoms with Gasteiger partial charge in [-0.25, -0.2) is 4.79 Å². The number of carbonyl (C=O) groups is 1. The number of amides is 1. The number of aromatic nitrogens is 2. The topological polar surface area (TPSA) is 120 Å². The largest absolute Gasteiger partial charge is 0.483 e. The van der Waals surface area contributed by atoms with Gasteiger partial charge in [0.15, 0.2) is 12.3 Å². The number of para-hydroxylation sites is 1. The van der Waals surface area contributed by atoms with Gasteiger partial charge in [-0.15, -0.1) is 0 Å². The molecule has 0 aliphatic rings. The summed E-state index contributed by atoms with van der Waals surface area (Å²) >= 11 is 0. The number of nitrogens with one attached hydrogen (secondary N) is 1. The van der Waals surface area contributed by atoms with E-state index < -0.39 is 17.2 Å². The number of aryl methyl sites for hydroxylation is 1. The first-order valence-corrected chi connectivity index (χ1v) is 9.01. The Morgan fingerprint density at radius 2 is 2.00 bits per heavy atom. The second-order valence-electron chi connectivity index (χ2n) is 6.24. The van der Waals surface area contributed by atoms with Crippen LogP contribution in [0.25, 0.3) is 0 Å². The van der Waals surface area contributed by atoms with Crippen LogP contribution in [0.2, 0.25) is 0 Å². The Morgan fingerprint density at radius 3 is 2.64 bits per heavy atom. The molecule has 0 spiro atoms. The number of ether oxygens (including phenoxy) is 2. The van der Waals surface area contributed by atoms with Gasteiger partial charge in [0.2, 0.25) is 0 Å². The zero-order chi connectivity index (χ0) is 20.7. The normalized spacial score (nSPS) is 10.7. The number of aromatic amines is 1. The molecule has 9 nitrogen and oxygen atoms in total. The maximum atomic E-state index is 12.8. The number of rotatable bonds is 9.